The van der Waals surface area contributed by atoms with Crippen LogP contribution in [0.5, 0.6) is 0 Å². The van der Waals surface area contributed by atoms with E-state index in [1.807, 2.05) is 24.3 Å². The zero-order valence-electron chi connectivity index (χ0n) is 17.5. The molecule has 31 heavy (non-hydrogen) atoms. The van der Waals surface area contributed by atoms with Crippen molar-refractivity contribution in [3.63, 3.8) is 0 Å². The van der Waals surface area contributed by atoms with Crippen molar-refractivity contribution in [2.24, 2.45) is 0 Å². The van der Waals surface area contributed by atoms with Gasteiger partial charge in [0.05, 0.1) is 12.8 Å². The van der Waals surface area contributed by atoms with Crippen molar-refractivity contribution in [3.05, 3.63) is 70.6 Å². The maximum Gasteiger partial charge on any atom is 0.276 e. The average molecular weight is 439 g/mol. The normalized spacial score (nSPS) is 15.0. The lowest BCUT2D eigenvalue weighted by molar-refractivity contribution is -0.126. The highest BCUT2D eigenvalue weighted by Gasteiger charge is 2.35. The smallest absolute Gasteiger partial charge is 0.276 e. The summed E-state index contributed by atoms with van der Waals surface area (Å²) < 4.78 is 9.33. The first-order valence-corrected chi connectivity index (χ1v) is 11.5. The van der Waals surface area contributed by atoms with Crippen LogP contribution >= 0.6 is 11.5 Å². The lowest BCUT2D eigenvalue weighted by Gasteiger charge is -2.31. The molecule has 0 bridgehead atoms. The number of nitrogens with zero attached hydrogens (tertiary/aromatic N) is 3. The second kappa shape index (κ2) is 9.87. The highest BCUT2D eigenvalue weighted by molar-refractivity contribution is 7.03. The molecule has 2 aromatic heterocycles. The fraction of sp³-hybridized carbons (Fsp3) is 0.391. The summed E-state index contributed by atoms with van der Waals surface area (Å²) in [4.78, 5) is 28.5. The van der Waals surface area contributed by atoms with Gasteiger partial charge in [0.15, 0.2) is 5.69 Å². The summed E-state index contributed by atoms with van der Waals surface area (Å²) in [6.45, 7) is 2.24. The van der Waals surface area contributed by atoms with Gasteiger partial charge in [-0.05, 0) is 54.1 Å². The van der Waals surface area contributed by atoms with Crippen LogP contribution in [0, 0.1) is 0 Å². The molecule has 1 fully saturated rings. The number of aryl methyl sites for hydroxylation is 1. The minimum atomic E-state index is -0.800. The number of amides is 2. The minimum Gasteiger partial charge on any atom is -0.467 e. The van der Waals surface area contributed by atoms with Crippen molar-refractivity contribution in [3.8, 4) is 0 Å². The van der Waals surface area contributed by atoms with Crippen molar-refractivity contribution < 1.29 is 14.0 Å². The fourth-order valence-electron chi connectivity index (χ4n) is 4.01. The summed E-state index contributed by atoms with van der Waals surface area (Å²) in [7, 11) is 0. The van der Waals surface area contributed by atoms with Crippen LogP contribution in [0.15, 0.2) is 52.5 Å². The van der Waals surface area contributed by atoms with Crippen molar-refractivity contribution in [1.29, 1.82) is 0 Å². The summed E-state index contributed by atoms with van der Waals surface area (Å²) in [6, 6.07) is 10.8. The van der Waals surface area contributed by atoms with Gasteiger partial charge in [-0.2, -0.15) is 0 Å². The van der Waals surface area contributed by atoms with Crippen molar-refractivity contribution in [2.75, 3.05) is 0 Å². The standard InChI is InChI=1S/C23H26N4O3S/c1-2-16-9-11-17(12-10-16)21(22(28)24-18-6-3-4-7-18)27(14-19-8-5-13-30-19)23(29)20-15-31-26-25-20/h5,8-13,15,18,21H,2-4,6-7,14H2,1H3,(H,24,28). The number of hydrogen-bond acceptors (Lipinski definition) is 6. The summed E-state index contributed by atoms with van der Waals surface area (Å²) in [5.74, 6) is 0.0657. The van der Waals surface area contributed by atoms with Crippen LogP contribution in [0.25, 0.3) is 0 Å². The van der Waals surface area contributed by atoms with E-state index < -0.39 is 6.04 Å². The van der Waals surface area contributed by atoms with E-state index in [-0.39, 0.29) is 30.1 Å². The lowest BCUT2D eigenvalue weighted by atomic mass is 10.0. The van der Waals surface area contributed by atoms with Gasteiger partial charge >= 0.3 is 0 Å². The number of furan rings is 1. The maximum atomic E-state index is 13.5. The van der Waals surface area contributed by atoms with E-state index in [1.165, 1.54) is 10.5 Å². The molecule has 0 spiro atoms. The number of hydrogen-bond donors (Lipinski definition) is 1. The van der Waals surface area contributed by atoms with E-state index >= 15 is 0 Å². The highest BCUT2D eigenvalue weighted by atomic mass is 32.1. The molecule has 1 atom stereocenters. The van der Waals surface area contributed by atoms with Gasteiger partial charge in [0.2, 0.25) is 5.91 Å². The molecule has 3 aromatic rings. The van der Waals surface area contributed by atoms with E-state index in [1.54, 1.807) is 23.8 Å². The van der Waals surface area contributed by atoms with E-state index in [0.29, 0.717) is 5.76 Å². The molecule has 2 heterocycles. The van der Waals surface area contributed by atoms with E-state index in [4.69, 9.17) is 4.42 Å². The Hall–Kier alpha value is -3.00. The van der Waals surface area contributed by atoms with Crippen LogP contribution < -0.4 is 5.32 Å². The van der Waals surface area contributed by atoms with Crippen LogP contribution in [0.3, 0.4) is 0 Å². The van der Waals surface area contributed by atoms with Gasteiger partial charge in [-0.3, -0.25) is 9.59 Å². The zero-order valence-corrected chi connectivity index (χ0v) is 18.3. The Morgan fingerprint density at radius 1 is 1.23 bits per heavy atom. The minimum absolute atomic E-state index is 0.145. The van der Waals surface area contributed by atoms with Gasteiger partial charge in [0, 0.05) is 11.4 Å². The van der Waals surface area contributed by atoms with Gasteiger partial charge in [-0.1, -0.05) is 48.5 Å². The second-order valence-electron chi connectivity index (χ2n) is 7.79. The van der Waals surface area contributed by atoms with Gasteiger partial charge in [0.1, 0.15) is 11.8 Å². The van der Waals surface area contributed by atoms with Crippen LogP contribution in [-0.2, 0) is 17.8 Å². The Kier molecular flexibility index (Phi) is 6.76. The average Bonchev–Trinajstić information content (AvgIpc) is 3.57. The third-order valence-electron chi connectivity index (χ3n) is 5.71. The predicted octanol–water partition coefficient (Wildman–Crippen LogP) is 4.14. The van der Waals surface area contributed by atoms with E-state index in [2.05, 4.69) is 21.8 Å². The summed E-state index contributed by atoms with van der Waals surface area (Å²) in [5.41, 5.74) is 2.16. The summed E-state index contributed by atoms with van der Waals surface area (Å²) in [6.07, 6.45) is 6.62. The molecule has 1 aromatic carbocycles. The molecule has 162 valence electrons. The zero-order chi connectivity index (χ0) is 21.6. The van der Waals surface area contributed by atoms with E-state index in [9.17, 15) is 9.59 Å². The van der Waals surface area contributed by atoms with Crippen LogP contribution in [0.1, 0.15) is 66.0 Å². The van der Waals surface area contributed by atoms with Crippen LogP contribution in [-0.4, -0.2) is 32.3 Å². The topological polar surface area (TPSA) is 88.3 Å². The molecule has 0 aliphatic heterocycles. The van der Waals surface area contributed by atoms with Gasteiger partial charge < -0.3 is 14.6 Å². The third kappa shape index (κ3) is 5.02. The monoisotopic (exact) mass is 438 g/mol. The quantitative estimate of drug-likeness (QED) is 0.571. The number of carbonyl (C=O) groups is 2. The molecule has 2 amide bonds. The van der Waals surface area contributed by atoms with Crippen molar-refractivity contribution >= 4 is 23.3 Å². The van der Waals surface area contributed by atoms with Crippen LogP contribution in [0.4, 0.5) is 0 Å². The molecule has 8 heteroatoms. The molecule has 4 rings (SSSR count). The van der Waals surface area contributed by atoms with E-state index in [0.717, 1.165) is 49.2 Å². The van der Waals surface area contributed by atoms with Gasteiger partial charge in [-0.15, -0.1) is 5.10 Å². The molecule has 0 radical (unpaired) electrons. The fourth-order valence-corrected chi connectivity index (χ4v) is 4.44. The lowest BCUT2D eigenvalue weighted by Crippen LogP contribution is -2.46. The third-order valence-corrected chi connectivity index (χ3v) is 6.22. The molecule has 1 saturated carbocycles. The largest absolute Gasteiger partial charge is 0.467 e. The number of benzene rings is 1. The molecular formula is C23H26N4O3S. The predicted molar refractivity (Wildman–Crippen MR) is 117 cm³/mol. The first-order chi connectivity index (χ1) is 15.2. The van der Waals surface area contributed by atoms with Crippen molar-refractivity contribution in [1.82, 2.24) is 19.8 Å². The SMILES string of the molecule is CCc1ccc(C(C(=O)NC2CCCC2)N(Cc2ccco2)C(=O)c2csnn2)cc1. The number of rotatable bonds is 8. The number of nitrogens with one attached hydrogen (secondary N) is 1. The first-order valence-electron chi connectivity index (χ1n) is 10.7. The molecule has 1 aliphatic rings. The van der Waals surface area contributed by atoms with Gasteiger partial charge in [0.25, 0.3) is 5.91 Å². The van der Waals surface area contributed by atoms with Crippen LogP contribution in [0.2, 0.25) is 0 Å². The molecule has 1 unspecified atom stereocenters. The van der Waals surface area contributed by atoms with Crippen molar-refractivity contribution in [2.45, 2.75) is 57.7 Å². The number of aromatic nitrogens is 2. The molecule has 7 nitrogen and oxygen atoms in total. The Bertz CT molecular complexity index is 981. The Labute approximate surface area is 185 Å². The Morgan fingerprint density at radius 3 is 2.61 bits per heavy atom. The maximum absolute atomic E-state index is 13.5. The highest BCUT2D eigenvalue weighted by Crippen LogP contribution is 2.28. The molecule has 1 aliphatic carbocycles. The molecule has 0 saturated heterocycles. The molecule has 1 N–H and O–H groups in total. The second-order valence-corrected chi connectivity index (χ2v) is 8.40. The Morgan fingerprint density at radius 2 is 2.00 bits per heavy atom. The summed E-state index contributed by atoms with van der Waals surface area (Å²) in [5, 5.41) is 8.72. The Balaban J connectivity index is 1.71. The summed E-state index contributed by atoms with van der Waals surface area (Å²) >= 11 is 1.11. The first kappa shape index (κ1) is 21.2. The van der Waals surface area contributed by atoms with Gasteiger partial charge in [-0.25, -0.2) is 0 Å². The number of carbonyl (C=O) groups excluding carboxylic acids is 2. The molecular weight excluding hydrogens is 412 g/mol.